The maximum absolute atomic E-state index is 11.1. The molecular formula is C15H17N3O3. The van der Waals surface area contributed by atoms with Gasteiger partial charge in [-0.05, 0) is 24.6 Å². The Morgan fingerprint density at radius 3 is 3.10 bits per heavy atom. The third kappa shape index (κ3) is 2.54. The topological polar surface area (TPSA) is 68.5 Å². The highest BCUT2D eigenvalue weighted by atomic mass is 16.6. The molecule has 0 amide bonds. The van der Waals surface area contributed by atoms with Crippen molar-refractivity contribution in [1.29, 1.82) is 0 Å². The van der Waals surface area contributed by atoms with Crippen LogP contribution in [0.4, 0.5) is 11.4 Å². The molecule has 0 radical (unpaired) electrons. The number of morpholine rings is 1. The zero-order valence-electron chi connectivity index (χ0n) is 11.9. The number of rotatable bonds is 3. The molecule has 1 aliphatic heterocycles. The van der Waals surface area contributed by atoms with Gasteiger partial charge in [0.1, 0.15) is 5.52 Å². The Hall–Kier alpha value is -2.21. The Labute approximate surface area is 122 Å². The third-order valence-corrected chi connectivity index (χ3v) is 3.86. The van der Waals surface area contributed by atoms with E-state index in [0.29, 0.717) is 17.5 Å². The second-order valence-electron chi connectivity index (χ2n) is 5.11. The number of nitro groups is 1. The molecule has 0 bridgehead atoms. The van der Waals surface area contributed by atoms with Gasteiger partial charge in [-0.1, -0.05) is 6.92 Å². The summed E-state index contributed by atoms with van der Waals surface area (Å²) in [6.07, 6.45) is 2.83. The van der Waals surface area contributed by atoms with Gasteiger partial charge in [0.25, 0.3) is 5.69 Å². The molecule has 1 saturated heterocycles. The van der Waals surface area contributed by atoms with Gasteiger partial charge in [-0.2, -0.15) is 0 Å². The molecule has 0 N–H and O–H groups in total. The minimum Gasteiger partial charge on any atom is -0.375 e. The predicted molar refractivity (Wildman–Crippen MR) is 80.6 cm³/mol. The van der Waals surface area contributed by atoms with Crippen LogP contribution in [-0.2, 0) is 4.74 Å². The second kappa shape index (κ2) is 5.65. The first-order chi connectivity index (χ1) is 10.2. The Morgan fingerprint density at radius 1 is 1.48 bits per heavy atom. The smallest absolute Gasteiger partial charge is 0.278 e. The molecule has 1 aliphatic rings. The number of benzene rings is 1. The van der Waals surface area contributed by atoms with Crippen molar-refractivity contribution < 1.29 is 9.66 Å². The second-order valence-corrected chi connectivity index (χ2v) is 5.11. The molecule has 0 unspecified atom stereocenters. The number of aromatic nitrogens is 1. The van der Waals surface area contributed by atoms with Crippen LogP contribution in [0.3, 0.4) is 0 Å². The van der Waals surface area contributed by atoms with E-state index in [2.05, 4.69) is 16.8 Å². The number of anilines is 1. The van der Waals surface area contributed by atoms with Crippen LogP contribution in [0.25, 0.3) is 10.9 Å². The molecule has 0 spiro atoms. The summed E-state index contributed by atoms with van der Waals surface area (Å²) in [7, 11) is 0. The number of nitrogens with zero attached hydrogens (tertiary/aromatic N) is 3. The maximum Gasteiger partial charge on any atom is 0.278 e. The summed E-state index contributed by atoms with van der Waals surface area (Å²) in [4.78, 5) is 17.4. The van der Waals surface area contributed by atoms with Crippen molar-refractivity contribution >= 4 is 22.3 Å². The van der Waals surface area contributed by atoms with Gasteiger partial charge >= 0.3 is 0 Å². The van der Waals surface area contributed by atoms with Crippen molar-refractivity contribution in [3.05, 3.63) is 40.6 Å². The van der Waals surface area contributed by atoms with Crippen LogP contribution in [0.1, 0.15) is 13.3 Å². The molecule has 2 heterocycles. The SMILES string of the molecule is CC[C@H]1CN(c2ccc([N+](=O)[O-])c3cccnc23)CCO1. The van der Waals surface area contributed by atoms with E-state index in [1.54, 1.807) is 30.5 Å². The van der Waals surface area contributed by atoms with Crippen LogP contribution in [0.2, 0.25) is 0 Å². The average molecular weight is 287 g/mol. The lowest BCUT2D eigenvalue weighted by molar-refractivity contribution is -0.383. The summed E-state index contributed by atoms with van der Waals surface area (Å²) in [5.41, 5.74) is 1.73. The van der Waals surface area contributed by atoms with Gasteiger partial charge in [0.15, 0.2) is 0 Å². The zero-order valence-corrected chi connectivity index (χ0v) is 11.9. The quantitative estimate of drug-likeness (QED) is 0.641. The number of fused-ring (bicyclic) bond motifs is 1. The standard InChI is InChI=1S/C15H17N3O3/c1-2-11-10-17(8-9-21-11)14-6-5-13(18(19)20)12-4-3-7-16-15(12)14/h3-7,11H,2,8-10H2,1H3/t11-/m0/s1. The highest BCUT2D eigenvalue weighted by Crippen LogP contribution is 2.32. The van der Waals surface area contributed by atoms with Gasteiger partial charge in [-0.25, -0.2) is 0 Å². The van der Waals surface area contributed by atoms with Gasteiger partial charge in [-0.15, -0.1) is 0 Å². The largest absolute Gasteiger partial charge is 0.375 e. The average Bonchev–Trinajstić information content (AvgIpc) is 2.53. The lowest BCUT2D eigenvalue weighted by Crippen LogP contribution is -2.42. The van der Waals surface area contributed by atoms with Crippen LogP contribution in [0.5, 0.6) is 0 Å². The van der Waals surface area contributed by atoms with Gasteiger partial charge in [-0.3, -0.25) is 15.1 Å². The Bertz CT molecular complexity index is 674. The van der Waals surface area contributed by atoms with Crippen LogP contribution < -0.4 is 4.90 Å². The Morgan fingerprint density at radius 2 is 2.33 bits per heavy atom. The zero-order chi connectivity index (χ0) is 14.8. The first-order valence-corrected chi connectivity index (χ1v) is 7.09. The molecule has 3 rings (SSSR count). The number of ether oxygens (including phenoxy) is 1. The Balaban J connectivity index is 2.07. The van der Waals surface area contributed by atoms with Crippen molar-refractivity contribution in [2.24, 2.45) is 0 Å². The molecule has 1 aromatic heterocycles. The van der Waals surface area contributed by atoms with E-state index in [0.717, 1.165) is 25.2 Å². The number of nitro benzene ring substituents is 1. The van der Waals surface area contributed by atoms with Gasteiger partial charge in [0, 0.05) is 25.4 Å². The first kappa shape index (κ1) is 13.8. The van der Waals surface area contributed by atoms with Crippen molar-refractivity contribution in [3.63, 3.8) is 0 Å². The predicted octanol–water partition coefficient (Wildman–Crippen LogP) is 2.76. The molecule has 6 nitrogen and oxygen atoms in total. The van der Waals surface area contributed by atoms with E-state index in [9.17, 15) is 10.1 Å². The molecule has 6 heteroatoms. The van der Waals surface area contributed by atoms with Crippen molar-refractivity contribution in [2.45, 2.75) is 19.4 Å². The fraction of sp³-hybridized carbons (Fsp3) is 0.400. The summed E-state index contributed by atoms with van der Waals surface area (Å²) in [5.74, 6) is 0. The van der Waals surface area contributed by atoms with Crippen molar-refractivity contribution in [3.8, 4) is 0 Å². The summed E-state index contributed by atoms with van der Waals surface area (Å²) in [6, 6.07) is 6.84. The van der Waals surface area contributed by atoms with Crippen LogP contribution in [0, 0.1) is 10.1 Å². The van der Waals surface area contributed by atoms with E-state index in [-0.39, 0.29) is 16.7 Å². The summed E-state index contributed by atoms with van der Waals surface area (Å²) in [5, 5.41) is 11.7. The number of hydrogen-bond acceptors (Lipinski definition) is 5. The van der Waals surface area contributed by atoms with E-state index in [1.165, 1.54) is 0 Å². The molecule has 1 fully saturated rings. The number of hydrogen-bond donors (Lipinski definition) is 0. The molecular weight excluding hydrogens is 270 g/mol. The minimum absolute atomic E-state index is 0.0992. The molecule has 0 aliphatic carbocycles. The third-order valence-electron chi connectivity index (χ3n) is 3.86. The van der Waals surface area contributed by atoms with Crippen LogP contribution in [0.15, 0.2) is 30.5 Å². The molecule has 110 valence electrons. The van der Waals surface area contributed by atoms with Gasteiger partial charge in [0.2, 0.25) is 0 Å². The van der Waals surface area contributed by atoms with Crippen LogP contribution in [-0.4, -0.2) is 35.7 Å². The normalized spacial score (nSPS) is 18.9. The minimum atomic E-state index is -0.359. The summed E-state index contributed by atoms with van der Waals surface area (Å²) in [6.45, 7) is 4.34. The van der Waals surface area contributed by atoms with Crippen molar-refractivity contribution in [1.82, 2.24) is 4.98 Å². The number of non-ortho nitro benzene ring substituents is 1. The first-order valence-electron chi connectivity index (χ1n) is 7.09. The van der Waals surface area contributed by atoms with E-state index in [1.807, 2.05) is 0 Å². The molecule has 0 saturated carbocycles. The fourth-order valence-electron chi connectivity index (χ4n) is 2.74. The summed E-state index contributed by atoms with van der Waals surface area (Å²) >= 11 is 0. The van der Waals surface area contributed by atoms with Gasteiger partial charge < -0.3 is 9.64 Å². The van der Waals surface area contributed by atoms with Crippen molar-refractivity contribution in [2.75, 3.05) is 24.6 Å². The summed E-state index contributed by atoms with van der Waals surface area (Å²) < 4.78 is 5.68. The van der Waals surface area contributed by atoms with E-state index < -0.39 is 0 Å². The van der Waals surface area contributed by atoms with Gasteiger partial charge in [0.05, 0.1) is 28.7 Å². The lowest BCUT2D eigenvalue weighted by atomic mass is 10.1. The molecule has 21 heavy (non-hydrogen) atoms. The molecule has 1 aromatic carbocycles. The number of pyridine rings is 1. The van der Waals surface area contributed by atoms with E-state index in [4.69, 9.17) is 4.74 Å². The van der Waals surface area contributed by atoms with E-state index >= 15 is 0 Å². The monoisotopic (exact) mass is 287 g/mol. The molecule has 2 aromatic rings. The van der Waals surface area contributed by atoms with Crippen LogP contribution >= 0.6 is 0 Å². The maximum atomic E-state index is 11.1. The molecule has 1 atom stereocenters. The Kier molecular flexibility index (Phi) is 3.70. The lowest BCUT2D eigenvalue weighted by Gasteiger charge is -2.34. The highest BCUT2D eigenvalue weighted by Gasteiger charge is 2.23. The highest BCUT2D eigenvalue weighted by molar-refractivity contribution is 5.97. The fourth-order valence-corrected chi connectivity index (χ4v) is 2.74.